The topological polar surface area (TPSA) is 118 Å². The molecule has 23 heavy (non-hydrogen) atoms. The Morgan fingerprint density at radius 3 is 2.74 bits per heavy atom. The van der Waals surface area contributed by atoms with Crippen LogP contribution in [0.3, 0.4) is 0 Å². The van der Waals surface area contributed by atoms with Crippen LogP contribution in [-0.2, 0) is 10.3 Å². The van der Waals surface area contributed by atoms with Gasteiger partial charge in [0.2, 0.25) is 11.0 Å². The molecule has 1 saturated heterocycles. The highest BCUT2D eigenvalue weighted by molar-refractivity contribution is 7.15. The van der Waals surface area contributed by atoms with Crippen LogP contribution in [0.2, 0.25) is 0 Å². The number of pyridine rings is 1. The van der Waals surface area contributed by atoms with E-state index in [1.54, 1.807) is 12.4 Å². The maximum Gasteiger partial charge on any atom is 0.239 e. The quantitative estimate of drug-likeness (QED) is 0.642. The third-order valence-corrected chi connectivity index (χ3v) is 4.82. The molecule has 3 rings (SSSR count). The number of rotatable bonds is 4. The predicted molar refractivity (Wildman–Crippen MR) is 87.1 cm³/mol. The van der Waals surface area contributed by atoms with Crippen LogP contribution in [0.1, 0.15) is 36.9 Å². The van der Waals surface area contributed by atoms with Gasteiger partial charge in [-0.05, 0) is 38.0 Å². The van der Waals surface area contributed by atoms with Gasteiger partial charge in [0.1, 0.15) is 11.0 Å². The molecule has 9 heteroatoms. The molecule has 0 bridgehead atoms. The minimum Gasteiger partial charge on any atom is -0.374 e. The first-order valence-corrected chi connectivity index (χ1v) is 8.10. The minimum absolute atomic E-state index is 0.0778. The third kappa shape index (κ3) is 3.46. The van der Waals surface area contributed by atoms with Crippen molar-refractivity contribution in [2.24, 2.45) is 0 Å². The van der Waals surface area contributed by atoms with Crippen LogP contribution in [0.5, 0.6) is 0 Å². The Morgan fingerprint density at radius 1 is 1.35 bits per heavy atom. The number of amides is 1. The Morgan fingerprint density at radius 2 is 2.09 bits per heavy atom. The summed E-state index contributed by atoms with van der Waals surface area (Å²) in [6.07, 6.45) is 4.14. The molecule has 1 aliphatic heterocycles. The molecular formula is C14H19N7OS. The summed E-state index contributed by atoms with van der Waals surface area (Å²) in [5.74, 6) is -0.0900. The first-order chi connectivity index (χ1) is 11.0. The molecule has 8 nitrogen and oxygen atoms in total. The first-order valence-electron chi connectivity index (χ1n) is 7.28. The van der Waals surface area contributed by atoms with Gasteiger partial charge in [-0.3, -0.25) is 9.78 Å². The molecule has 2 unspecified atom stereocenters. The summed E-state index contributed by atoms with van der Waals surface area (Å²) in [6, 6.07) is 3.63. The van der Waals surface area contributed by atoms with Crippen LogP contribution in [-0.4, -0.2) is 27.1 Å². The van der Waals surface area contributed by atoms with Crippen LogP contribution < -0.4 is 21.9 Å². The van der Waals surface area contributed by atoms with E-state index in [9.17, 15) is 4.79 Å². The average Bonchev–Trinajstić information content (AvgIpc) is 3.17. The fourth-order valence-electron chi connectivity index (χ4n) is 2.48. The van der Waals surface area contributed by atoms with Gasteiger partial charge in [-0.2, -0.15) is 0 Å². The number of anilines is 1. The molecule has 0 saturated carbocycles. The van der Waals surface area contributed by atoms with Crippen LogP contribution in [0.4, 0.5) is 5.13 Å². The third-order valence-electron chi connectivity index (χ3n) is 3.74. The second-order valence-corrected chi connectivity index (χ2v) is 6.98. The number of nitrogen functional groups attached to an aromatic ring is 1. The van der Waals surface area contributed by atoms with Crippen molar-refractivity contribution in [2.75, 3.05) is 5.73 Å². The van der Waals surface area contributed by atoms with Gasteiger partial charge in [0.15, 0.2) is 0 Å². The molecule has 0 aromatic carbocycles. The van der Waals surface area contributed by atoms with Crippen molar-refractivity contribution < 1.29 is 4.79 Å². The van der Waals surface area contributed by atoms with Crippen LogP contribution >= 0.6 is 11.3 Å². The van der Waals surface area contributed by atoms with E-state index in [0.717, 1.165) is 5.56 Å². The van der Waals surface area contributed by atoms with Crippen molar-refractivity contribution in [2.45, 2.75) is 37.9 Å². The largest absolute Gasteiger partial charge is 0.374 e. The molecule has 0 aliphatic carbocycles. The summed E-state index contributed by atoms with van der Waals surface area (Å²) in [4.78, 5) is 16.5. The van der Waals surface area contributed by atoms with Gasteiger partial charge in [-0.1, -0.05) is 11.3 Å². The number of hydrazine groups is 1. The Hall–Kier alpha value is -2.10. The Labute approximate surface area is 137 Å². The SMILES string of the molecule is CC(C)(NC(=O)C1CC(c2ccncc2)NN1)c1nnc(N)s1. The summed E-state index contributed by atoms with van der Waals surface area (Å²) in [5.41, 5.74) is 12.3. The lowest BCUT2D eigenvalue weighted by molar-refractivity contribution is -0.124. The fourth-order valence-corrected chi connectivity index (χ4v) is 3.15. The molecule has 122 valence electrons. The molecule has 1 amide bonds. The molecule has 2 atom stereocenters. The van der Waals surface area contributed by atoms with Crippen molar-refractivity contribution >= 4 is 22.4 Å². The number of aromatic nitrogens is 3. The van der Waals surface area contributed by atoms with Gasteiger partial charge in [0, 0.05) is 18.4 Å². The Balaban J connectivity index is 1.63. The zero-order valence-corrected chi connectivity index (χ0v) is 13.7. The van der Waals surface area contributed by atoms with Crippen molar-refractivity contribution in [3.63, 3.8) is 0 Å². The van der Waals surface area contributed by atoms with E-state index in [2.05, 4.69) is 31.3 Å². The van der Waals surface area contributed by atoms with Gasteiger partial charge in [0.05, 0.1) is 5.54 Å². The van der Waals surface area contributed by atoms with Crippen molar-refractivity contribution in [1.29, 1.82) is 0 Å². The number of carbonyl (C=O) groups is 1. The Kier molecular flexibility index (Phi) is 4.24. The molecule has 5 N–H and O–H groups in total. The number of nitrogens with two attached hydrogens (primary N) is 1. The number of nitrogens with zero attached hydrogens (tertiary/aromatic N) is 3. The van der Waals surface area contributed by atoms with E-state index in [-0.39, 0.29) is 18.0 Å². The second kappa shape index (κ2) is 6.19. The molecule has 2 aromatic rings. The fraction of sp³-hybridized carbons (Fsp3) is 0.429. The van der Waals surface area contributed by atoms with Gasteiger partial charge in [0.25, 0.3) is 0 Å². The lowest BCUT2D eigenvalue weighted by atomic mass is 10.0. The van der Waals surface area contributed by atoms with E-state index in [0.29, 0.717) is 16.6 Å². The van der Waals surface area contributed by atoms with Gasteiger partial charge in [-0.25, -0.2) is 10.9 Å². The standard InChI is InChI=1S/C14H19N7OS/c1-14(2,12-20-21-13(15)23-12)17-11(22)10-7-9(18-19-10)8-3-5-16-6-4-8/h3-6,9-10,18-19H,7H2,1-2H3,(H2,15,21)(H,17,22). The normalized spacial score (nSPS) is 21.3. The summed E-state index contributed by atoms with van der Waals surface area (Å²) >= 11 is 1.27. The van der Waals surface area contributed by atoms with E-state index in [4.69, 9.17) is 5.73 Å². The van der Waals surface area contributed by atoms with E-state index < -0.39 is 5.54 Å². The second-order valence-electron chi connectivity index (χ2n) is 5.97. The molecule has 1 fully saturated rings. The molecule has 3 heterocycles. The maximum absolute atomic E-state index is 12.5. The highest BCUT2D eigenvalue weighted by Gasteiger charge is 2.34. The van der Waals surface area contributed by atoms with E-state index in [1.165, 1.54) is 11.3 Å². The first kappa shape index (κ1) is 15.8. The lowest BCUT2D eigenvalue weighted by Gasteiger charge is -2.25. The number of nitrogens with one attached hydrogen (secondary N) is 3. The minimum atomic E-state index is -0.622. The number of hydrogen-bond acceptors (Lipinski definition) is 8. The summed E-state index contributed by atoms with van der Waals surface area (Å²) < 4.78 is 0. The van der Waals surface area contributed by atoms with Crippen molar-refractivity contribution in [3.8, 4) is 0 Å². The molecule has 2 aromatic heterocycles. The molecule has 1 aliphatic rings. The lowest BCUT2D eigenvalue weighted by Crippen LogP contribution is -2.49. The van der Waals surface area contributed by atoms with Gasteiger partial charge in [-0.15, -0.1) is 10.2 Å². The monoisotopic (exact) mass is 333 g/mol. The maximum atomic E-state index is 12.5. The zero-order chi connectivity index (χ0) is 16.4. The summed E-state index contributed by atoms with van der Waals surface area (Å²) in [6.45, 7) is 3.77. The average molecular weight is 333 g/mol. The smallest absolute Gasteiger partial charge is 0.239 e. The summed E-state index contributed by atoms with van der Waals surface area (Å²) in [5, 5.41) is 11.9. The van der Waals surface area contributed by atoms with E-state index in [1.807, 2.05) is 26.0 Å². The molecular weight excluding hydrogens is 314 g/mol. The van der Waals surface area contributed by atoms with E-state index >= 15 is 0 Å². The van der Waals surface area contributed by atoms with Gasteiger partial charge < -0.3 is 11.1 Å². The van der Waals surface area contributed by atoms with Crippen molar-refractivity contribution in [1.82, 2.24) is 31.3 Å². The zero-order valence-electron chi connectivity index (χ0n) is 12.9. The summed E-state index contributed by atoms with van der Waals surface area (Å²) in [7, 11) is 0. The number of hydrogen-bond donors (Lipinski definition) is 4. The number of carbonyl (C=O) groups excluding carboxylic acids is 1. The molecule has 0 spiro atoms. The predicted octanol–water partition coefficient (Wildman–Crippen LogP) is 0.474. The van der Waals surface area contributed by atoms with Gasteiger partial charge >= 0.3 is 0 Å². The highest BCUT2D eigenvalue weighted by atomic mass is 32.1. The molecule has 0 radical (unpaired) electrons. The highest BCUT2D eigenvalue weighted by Crippen LogP contribution is 2.26. The van der Waals surface area contributed by atoms with Crippen LogP contribution in [0, 0.1) is 0 Å². The van der Waals surface area contributed by atoms with Crippen LogP contribution in [0.15, 0.2) is 24.5 Å². The van der Waals surface area contributed by atoms with Crippen molar-refractivity contribution in [3.05, 3.63) is 35.1 Å². The Bertz CT molecular complexity index is 687. The van der Waals surface area contributed by atoms with Crippen LogP contribution in [0.25, 0.3) is 0 Å².